The van der Waals surface area contributed by atoms with Crippen LogP contribution in [0.25, 0.3) is 20.2 Å². The largest absolute Gasteiger partial charge is 0.158 e. The molecular weight excluding hydrogens is 192 g/mol. The van der Waals surface area contributed by atoms with Crippen molar-refractivity contribution in [1.29, 1.82) is 0 Å². The van der Waals surface area contributed by atoms with Crippen molar-refractivity contribution in [1.82, 2.24) is 10.2 Å². The molecule has 0 atom stereocenters. The molecule has 2 heterocycles. The molecule has 0 aliphatic rings. The van der Waals surface area contributed by atoms with Crippen LogP contribution < -0.4 is 0 Å². The fourth-order valence-corrected chi connectivity index (χ4v) is 2.80. The van der Waals surface area contributed by atoms with Crippen molar-refractivity contribution in [2.75, 3.05) is 0 Å². The number of nitrogens with zero attached hydrogens (tertiary/aromatic N) is 2. The summed E-state index contributed by atoms with van der Waals surface area (Å²) in [5.41, 5.74) is 1.02. The maximum absolute atomic E-state index is 4.06. The van der Waals surface area contributed by atoms with Crippen LogP contribution in [0.4, 0.5) is 0 Å². The molecule has 0 unspecified atom stereocenters. The first-order chi connectivity index (χ1) is 6.86. The van der Waals surface area contributed by atoms with Crippen molar-refractivity contribution < 1.29 is 0 Å². The molecule has 68 valence electrons. The number of hydrogen-bond acceptors (Lipinski definition) is 3. The smallest absolute Gasteiger partial charge is 0.0778 e. The van der Waals surface area contributed by atoms with Crippen molar-refractivity contribution in [2.24, 2.45) is 0 Å². The zero-order chi connectivity index (χ0) is 9.54. The molecule has 0 saturated carbocycles. The summed E-state index contributed by atoms with van der Waals surface area (Å²) in [6, 6.07) is 8.40. The third-order valence-corrected chi connectivity index (χ3v) is 3.65. The van der Waals surface area contributed by atoms with Crippen LogP contribution in [0, 0.1) is 6.92 Å². The van der Waals surface area contributed by atoms with Crippen LogP contribution in [0.2, 0.25) is 0 Å². The molecule has 0 N–H and O–H groups in total. The van der Waals surface area contributed by atoms with E-state index in [2.05, 4.69) is 34.5 Å². The second-order valence-electron chi connectivity index (χ2n) is 3.27. The van der Waals surface area contributed by atoms with Gasteiger partial charge in [-0.25, -0.2) is 0 Å². The van der Waals surface area contributed by atoms with Crippen LogP contribution in [0.15, 0.2) is 30.5 Å². The standard InChI is InChI=1S/C11H8N2S/c1-7-11-9(6-12-13-7)8-4-2-3-5-10(8)14-11/h2-6H,1H3. The van der Waals surface area contributed by atoms with Crippen LogP contribution >= 0.6 is 11.3 Å². The summed E-state index contributed by atoms with van der Waals surface area (Å²) in [4.78, 5) is 0. The molecule has 0 amide bonds. The number of hydrogen-bond donors (Lipinski definition) is 0. The van der Waals surface area contributed by atoms with E-state index < -0.39 is 0 Å². The highest BCUT2D eigenvalue weighted by atomic mass is 32.1. The Kier molecular flexibility index (Phi) is 1.55. The van der Waals surface area contributed by atoms with E-state index in [1.54, 1.807) is 11.3 Å². The minimum atomic E-state index is 1.02. The lowest BCUT2D eigenvalue weighted by atomic mass is 10.2. The van der Waals surface area contributed by atoms with E-state index in [9.17, 15) is 0 Å². The van der Waals surface area contributed by atoms with Crippen molar-refractivity contribution in [3.05, 3.63) is 36.2 Å². The minimum absolute atomic E-state index is 1.02. The van der Waals surface area contributed by atoms with E-state index >= 15 is 0 Å². The van der Waals surface area contributed by atoms with Gasteiger partial charge in [0.05, 0.1) is 16.6 Å². The lowest BCUT2D eigenvalue weighted by molar-refractivity contribution is 1.01. The molecular formula is C11H8N2S. The molecule has 0 spiro atoms. The van der Waals surface area contributed by atoms with Gasteiger partial charge in [-0.2, -0.15) is 10.2 Å². The maximum Gasteiger partial charge on any atom is 0.0778 e. The fraction of sp³-hybridized carbons (Fsp3) is 0.0909. The Morgan fingerprint density at radius 2 is 2.00 bits per heavy atom. The third kappa shape index (κ3) is 0.960. The Labute approximate surface area is 85.2 Å². The normalized spacial score (nSPS) is 11.2. The van der Waals surface area contributed by atoms with Gasteiger partial charge in [0, 0.05) is 15.5 Å². The molecule has 3 heteroatoms. The van der Waals surface area contributed by atoms with Crippen molar-refractivity contribution >= 4 is 31.5 Å². The van der Waals surface area contributed by atoms with Crippen LogP contribution in [-0.2, 0) is 0 Å². The molecule has 0 bridgehead atoms. The van der Waals surface area contributed by atoms with E-state index in [1.807, 2.05) is 13.1 Å². The minimum Gasteiger partial charge on any atom is -0.158 e. The average molecular weight is 200 g/mol. The van der Waals surface area contributed by atoms with E-state index in [-0.39, 0.29) is 0 Å². The highest BCUT2D eigenvalue weighted by Crippen LogP contribution is 2.33. The topological polar surface area (TPSA) is 25.8 Å². The summed E-state index contributed by atoms with van der Waals surface area (Å²) >= 11 is 1.79. The molecule has 0 aliphatic carbocycles. The van der Waals surface area contributed by atoms with Crippen molar-refractivity contribution in [3.8, 4) is 0 Å². The molecule has 2 aromatic heterocycles. The van der Waals surface area contributed by atoms with Gasteiger partial charge >= 0.3 is 0 Å². The van der Waals surface area contributed by atoms with E-state index in [1.165, 1.54) is 20.2 Å². The van der Waals surface area contributed by atoms with Gasteiger partial charge in [0.25, 0.3) is 0 Å². The molecule has 3 aromatic rings. The van der Waals surface area contributed by atoms with Crippen LogP contribution in [-0.4, -0.2) is 10.2 Å². The van der Waals surface area contributed by atoms with Crippen molar-refractivity contribution in [2.45, 2.75) is 6.92 Å². The average Bonchev–Trinajstić information content (AvgIpc) is 2.59. The van der Waals surface area contributed by atoms with Crippen LogP contribution in [0.5, 0.6) is 0 Å². The lowest BCUT2D eigenvalue weighted by Gasteiger charge is -1.91. The zero-order valence-corrected chi connectivity index (χ0v) is 8.51. The van der Waals surface area contributed by atoms with Gasteiger partial charge in [-0.15, -0.1) is 11.3 Å². The highest BCUT2D eigenvalue weighted by molar-refractivity contribution is 7.26. The number of rotatable bonds is 0. The Hall–Kier alpha value is -1.48. The molecule has 2 nitrogen and oxygen atoms in total. The number of thiophene rings is 1. The molecule has 0 saturated heterocycles. The monoisotopic (exact) mass is 200 g/mol. The summed E-state index contributed by atoms with van der Waals surface area (Å²) in [6.45, 7) is 2.00. The summed E-state index contributed by atoms with van der Waals surface area (Å²) in [7, 11) is 0. The number of fused-ring (bicyclic) bond motifs is 3. The van der Waals surface area contributed by atoms with E-state index in [4.69, 9.17) is 0 Å². The van der Waals surface area contributed by atoms with Gasteiger partial charge in [-0.3, -0.25) is 0 Å². The molecule has 0 fully saturated rings. The van der Waals surface area contributed by atoms with Crippen LogP contribution in [0.1, 0.15) is 5.69 Å². The van der Waals surface area contributed by atoms with Gasteiger partial charge in [0.1, 0.15) is 0 Å². The van der Waals surface area contributed by atoms with Gasteiger partial charge in [-0.1, -0.05) is 18.2 Å². The Morgan fingerprint density at radius 1 is 1.14 bits per heavy atom. The van der Waals surface area contributed by atoms with Crippen molar-refractivity contribution in [3.63, 3.8) is 0 Å². The van der Waals surface area contributed by atoms with Gasteiger partial charge in [0.2, 0.25) is 0 Å². The third-order valence-electron chi connectivity index (χ3n) is 2.36. The van der Waals surface area contributed by atoms with Gasteiger partial charge in [-0.05, 0) is 13.0 Å². The highest BCUT2D eigenvalue weighted by Gasteiger charge is 2.06. The van der Waals surface area contributed by atoms with Gasteiger partial charge < -0.3 is 0 Å². The summed E-state index contributed by atoms with van der Waals surface area (Å²) < 4.78 is 2.56. The zero-order valence-electron chi connectivity index (χ0n) is 7.69. The number of benzene rings is 1. The number of aryl methyl sites for hydroxylation is 1. The van der Waals surface area contributed by atoms with E-state index in [0.29, 0.717) is 0 Å². The molecule has 0 radical (unpaired) electrons. The molecule has 0 aliphatic heterocycles. The second-order valence-corrected chi connectivity index (χ2v) is 4.32. The quantitative estimate of drug-likeness (QED) is 0.557. The first kappa shape index (κ1) is 7.88. The maximum atomic E-state index is 4.06. The summed E-state index contributed by atoms with van der Waals surface area (Å²) in [5, 5.41) is 10.6. The predicted molar refractivity (Wildman–Crippen MR) is 59.7 cm³/mol. The fourth-order valence-electron chi connectivity index (χ4n) is 1.68. The molecule has 1 aromatic carbocycles. The first-order valence-electron chi connectivity index (χ1n) is 4.46. The van der Waals surface area contributed by atoms with Crippen LogP contribution in [0.3, 0.4) is 0 Å². The first-order valence-corrected chi connectivity index (χ1v) is 5.27. The molecule has 14 heavy (non-hydrogen) atoms. The summed E-state index contributed by atoms with van der Waals surface area (Å²) in [6.07, 6.45) is 1.85. The second kappa shape index (κ2) is 2.75. The Bertz CT molecular complexity index is 613. The lowest BCUT2D eigenvalue weighted by Crippen LogP contribution is -1.83. The Balaban J connectivity index is 2.63. The summed E-state index contributed by atoms with van der Waals surface area (Å²) in [5.74, 6) is 0. The number of aromatic nitrogens is 2. The predicted octanol–water partition coefficient (Wildman–Crippen LogP) is 3.15. The molecule has 3 rings (SSSR count). The van der Waals surface area contributed by atoms with E-state index in [0.717, 1.165) is 5.69 Å². The Morgan fingerprint density at radius 3 is 2.93 bits per heavy atom. The SMILES string of the molecule is Cc1nncc2c1sc1ccccc12. The van der Waals surface area contributed by atoms with Gasteiger partial charge in [0.15, 0.2) is 0 Å².